The van der Waals surface area contributed by atoms with E-state index in [4.69, 9.17) is 26.3 Å². The molecule has 0 heterocycles. The summed E-state index contributed by atoms with van der Waals surface area (Å²) >= 11 is 5.82. The van der Waals surface area contributed by atoms with Crippen LogP contribution in [0.15, 0.2) is 12.1 Å². The average molecular weight is 212 g/mol. The normalized spacial score (nSPS) is 9.29. The Labute approximate surface area is 87.8 Å². The second-order valence-corrected chi connectivity index (χ2v) is 2.93. The molecule has 3 nitrogen and oxygen atoms in total. The van der Waals surface area contributed by atoms with Gasteiger partial charge >= 0.3 is 0 Å². The van der Waals surface area contributed by atoms with Gasteiger partial charge in [0.25, 0.3) is 0 Å². The van der Waals surface area contributed by atoms with E-state index in [1.54, 1.807) is 12.1 Å². The van der Waals surface area contributed by atoms with Gasteiger partial charge in [0, 0.05) is 12.1 Å². The molecule has 1 rings (SSSR count). The number of methoxy groups -OCH3 is 1. The summed E-state index contributed by atoms with van der Waals surface area (Å²) in [5, 5.41) is 9.11. The smallest absolute Gasteiger partial charge is 0.162 e. The van der Waals surface area contributed by atoms with E-state index in [-0.39, 0.29) is 0 Å². The molecule has 0 amide bonds. The fourth-order valence-electron chi connectivity index (χ4n) is 1.05. The third-order valence-electron chi connectivity index (χ3n) is 1.67. The van der Waals surface area contributed by atoms with Gasteiger partial charge in [0.15, 0.2) is 11.5 Å². The standard InChI is InChI=1S/C10H10ClNO2/c1-3-14-10-4-7(6-12)8(11)5-9(10)13-2/h4-5H,3H2,1-2H3. The number of halogens is 1. The summed E-state index contributed by atoms with van der Waals surface area (Å²) < 4.78 is 10.3. The number of benzene rings is 1. The Morgan fingerprint density at radius 2 is 2.14 bits per heavy atom. The first-order valence-corrected chi connectivity index (χ1v) is 4.51. The molecule has 0 radical (unpaired) electrons. The minimum atomic E-state index is 0.368. The summed E-state index contributed by atoms with van der Waals surface area (Å²) in [5.41, 5.74) is 0.385. The molecule has 0 atom stereocenters. The van der Waals surface area contributed by atoms with Gasteiger partial charge in [-0.1, -0.05) is 11.6 Å². The van der Waals surface area contributed by atoms with E-state index in [2.05, 4.69) is 0 Å². The Bertz CT molecular complexity index is 371. The molecule has 0 N–H and O–H groups in total. The Kier molecular flexibility index (Phi) is 3.61. The third kappa shape index (κ3) is 2.09. The quantitative estimate of drug-likeness (QED) is 0.772. The first-order chi connectivity index (χ1) is 6.72. The van der Waals surface area contributed by atoms with Crippen LogP contribution in [-0.2, 0) is 0 Å². The monoisotopic (exact) mass is 211 g/mol. The van der Waals surface area contributed by atoms with Crippen molar-refractivity contribution in [1.29, 1.82) is 5.26 Å². The van der Waals surface area contributed by atoms with Gasteiger partial charge in [-0.15, -0.1) is 0 Å². The van der Waals surface area contributed by atoms with Crippen LogP contribution in [-0.4, -0.2) is 13.7 Å². The molecule has 0 spiro atoms. The molecule has 1 aromatic rings. The summed E-state index contributed by atoms with van der Waals surface area (Å²) in [6.07, 6.45) is 0. The lowest BCUT2D eigenvalue weighted by atomic mass is 10.2. The van der Waals surface area contributed by atoms with Crippen LogP contribution in [0, 0.1) is 11.3 Å². The van der Waals surface area contributed by atoms with Crippen LogP contribution in [0.25, 0.3) is 0 Å². The average Bonchev–Trinajstić information content (AvgIpc) is 2.20. The maximum Gasteiger partial charge on any atom is 0.162 e. The minimum Gasteiger partial charge on any atom is -0.493 e. The number of nitriles is 1. The van der Waals surface area contributed by atoms with Gasteiger partial charge in [0.05, 0.1) is 24.3 Å². The van der Waals surface area contributed by atoms with E-state index in [9.17, 15) is 0 Å². The Balaban J connectivity index is 3.19. The van der Waals surface area contributed by atoms with Gasteiger partial charge < -0.3 is 9.47 Å². The molecule has 14 heavy (non-hydrogen) atoms. The predicted octanol–water partition coefficient (Wildman–Crippen LogP) is 2.62. The van der Waals surface area contributed by atoms with Gasteiger partial charge in [0.1, 0.15) is 6.07 Å². The van der Waals surface area contributed by atoms with Crippen molar-refractivity contribution >= 4 is 11.6 Å². The fraction of sp³-hybridized carbons (Fsp3) is 0.300. The predicted molar refractivity (Wildman–Crippen MR) is 53.9 cm³/mol. The number of ether oxygens (including phenoxy) is 2. The summed E-state index contributed by atoms with van der Waals surface area (Å²) in [6.45, 7) is 2.38. The number of nitrogens with zero attached hydrogens (tertiary/aromatic N) is 1. The van der Waals surface area contributed by atoms with Crippen molar-refractivity contribution in [2.24, 2.45) is 0 Å². The molecule has 0 fully saturated rings. The first kappa shape index (κ1) is 10.7. The zero-order chi connectivity index (χ0) is 10.6. The maximum atomic E-state index is 8.74. The summed E-state index contributed by atoms with van der Waals surface area (Å²) in [4.78, 5) is 0. The van der Waals surface area contributed by atoms with Crippen molar-refractivity contribution in [3.63, 3.8) is 0 Å². The molecule has 1 aromatic carbocycles. The van der Waals surface area contributed by atoms with Gasteiger partial charge in [0.2, 0.25) is 0 Å². The molecule has 0 aliphatic rings. The lowest BCUT2D eigenvalue weighted by Crippen LogP contribution is -1.96. The van der Waals surface area contributed by atoms with E-state index >= 15 is 0 Å². The number of hydrogen-bond acceptors (Lipinski definition) is 3. The lowest BCUT2D eigenvalue weighted by Gasteiger charge is -2.09. The largest absolute Gasteiger partial charge is 0.493 e. The van der Waals surface area contributed by atoms with Crippen molar-refractivity contribution in [1.82, 2.24) is 0 Å². The number of rotatable bonds is 3. The van der Waals surface area contributed by atoms with Crippen molar-refractivity contribution < 1.29 is 9.47 Å². The minimum absolute atomic E-state index is 0.368. The molecule has 0 aromatic heterocycles. The molecule has 0 saturated carbocycles. The fourth-order valence-corrected chi connectivity index (χ4v) is 1.24. The lowest BCUT2D eigenvalue weighted by molar-refractivity contribution is 0.311. The van der Waals surface area contributed by atoms with Crippen molar-refractivity contribution in [2.75, 3.05) is 13.7 Å². The van der Waals surface area contributed by atoms with E-state index in [0.29, 0.717) is 28.7 Å². The molecule has 0 bridgehead atoms. The molecule has 74 valence electrons. The Hall–Kier alpha value is -1.40. The highest BCUT2D eigenvalue weighted by atomic mass is 35.5. The van der Waals surface area contributed by atoms with Crippen LogP contribution in [0.3, 0.4) is 0 Å². The van der Waals surface area contributed by atoms with Gasteiger partial charge in [-0.05, 0) is 6.92 Å². The van der Waals surface area contributed by atoms with E-state index < -0.39 is 0 Å². The van der Waals surface area contributed by atoms with E-state index in [1.165, 1.54) is 7.11 Å². The van der Waals surface area contributed by atoms with Crippen molar-refractivity contribution in [3.05, 3.63) is 22.7 Å². The third-order valence-corrected chi connectivity index (χ3v) is 1.99. The Morgan fingerprint density at radius 3 is 2.64 bits per heavy atom. The zero-order valence-electron chi connectivity index (χ0n) is 8.00. The van der Waals surface area contributed by atoms with E-state index in [0.717, 1.165) is 0 Å². The van der Waals surface area contributed by atoms with Crippen molar-refractivity contribution in [2.45, 2.75) is 6.92 Å². The summed E-state index contributed by atoms with van der Waals surface area (Å²) in [6, 6.07) is 5.13. The molecule has 0 unspecified atom stereocenters. The first-order valence-electron chi connectivity index (χ1n) is 4.13. The highest BCUT2D eigenvalue weighted by Crippen LogP contribution is 2.32. The second-order valence-electron chi connectivity index (χ2n) is 2.53. The number of hydrogen-bond donors (Lipinski definition) is 0. The van der Waals surface area contributed by atoms with Crippen LogP contribution in [0.5, 0.6) is 11.5 Å². The van der Waals surface area contributed by atoms with Crippen LogP contribution >= 0.6 is 11.6 Å². The topological polar surface area (TPSA) is 42.2 Å². The van der Waals surface area contributed by atoms with Gasteiger partial charge in [-0.2, -0.15) is 5.26 Å². The van der Waals surface area contributed by atoms with Crippen molar-refractivity contribution in [3.8, 4) is 17.6 Å². The molecular weight excluding hydrogens is 202 g/mol. The second kappa shape index (κ2) is 4.73. The van der Waals surface area contributed by atoms with Crippen LogP contribution in [0.2, 0.25) is 5.02 Å². The zero-order valence-corrected chi connectivity index (χ0v) is 8.76. The SMILES string of the molecule is CCOc1cc(C#N)c(Cl)cc1OC. The van der Waals surface area contributed by atoms with E-state index in [1.807, 2.05) is 13.0 Å². The molecular formula is C10H10ClNO2. The summed E-state index contributed by atoms with van der Waals surface area (Å²) in [5.74, 6) is 1.08. The highest BCUT2D eigenvalue weighted by Gasteiger charge is 2.09. The van der Waals surface area contributed by atoms with Gasteiger partial charge in [-0.25, -0.2) is 0 Å². The Morgan fingerprint density at radius 1 is 1.43 bits per heavy atom. The molecule has 0 aliphatic carbocycles. The summed E-state index contributed by atoms with van der Waals surface area (Å²) in [7, 11) is 1.53. The van der Waals surface area contributed by atoms with Gasteiger partial charge in [-0.3, -0.25) is 0 Å². The van der Waals surface area contributed by atoms with Crippen LogP contribution < -0.4 is 9.47 Å². The molecule has 4 heteroatoms. The molecule has 0 aliphatic heterocycles. The highest BCUT2D eigenvalue weighted by molar-refractivity contribution is 6.31. The maximum absolute atomic E-state index is 8.74. The molecule has 0 saturated heterocycles. The van der Waals surface area contributed by atoms with Crippen LogP contribution in [0.4, 0.5) is 0 Å². The van der Waals surface area contributed by atoms with Crippen LogP contribution in [0.1, 0.15) is 12.5 Å².